The van der Waals surface area contributed by atoms with Gasteiger partial charge >= 0.3 is 0 Å². The smallest absolute Gasteiger partial charge is 0.273 e. The minimum absolute atomic E-state index is 0.225. The summed E-state index contributed by atoms with van der Waals surface area (Å²) >= 11 is 0. The lowest BCUT2D eigenvalue weighted by atomic mass is 9.98. The molecule has 176 valence electrons. The first-order chi connectivity index (χ1) is 16.1. The Morgan fingerprint density at radius 1 is 1.18 bits per heavy atom. The monoisotopic (exact) mass is 452 g/mol. The van der Waals surface area contributed by atoms with Crippen LogP contribution in [0.4, 0.5) is 0 Å². The zero-order valence-electron chi connectivity index (χ0n) is 19.6. The summed E-state index contributed by atoms with van der Waals surface area (Å²) in [5.41, 5.74) is 9.00. The summed E-state index contributed by atoms with van der Waals surface area (Å²) in [5, 5.41) is 12.3. The van der Waals surface area contributed by atoms with Crippen LogP contribution in [0.15, 0.2) is 29.0 Å². The maximum Gasteiger partial charge on any atom is 0.273 e. The summed E-state index contributed by atoms with van der Waals surface area (Å²) in [7, 11) is 3.46. The summed E-state index contributed by atoms with van der Waals surface area (Å²) < 4.78 is 10.6. The van der Waals surface area contributed by atoms with Crippen LogP contribution in [0.5, 0.6) is 0 Å². The van der Waals surface area contributed by atoms with Gasteiger partial charge in [-0.1, -0.05) is 0 Å². The van der Waals surface area contributed by atoms with Crippen LogP contribution in [-0.2, 0) is 20.7 Å². The number of aromatic amines is 1. The van der Waals surface area contributed by atoms with Crippen molar-refractivity contribution in [3.8, 4) is 0 Å². The Kier molecular flexibility index (Phi) is 7.64. The first kappa shape index (κ1) is 23.3. The quantitative estimate of drug-likeness (QED) is 0.478. The summed E-state index contributed by atoms with van der Waals surface area (Å²) in [4.78, 5) is 18.5. The number of carbonyl (C=O) groups excluding carboxylic acids is 1. The predicted octanol–water partition coefficient (Wildman–Crippen LogP) is 2.05. The molecule has 9 heteroatoms. The van der Waals surface area contributed by atoms with E-state index in [-0.39, 0.29) is 5.91 Å². The lowest BCUT2D eigenvalue weighted by Gasteiger charge is -2.22. The van der Waals surface area contributed by atoms with Gasteiger partial charge in [0.1, 0.15) is 11.4 Å². The van der Waals surface area contributed by atoms with E-state index in [2.05, 4.69) is 37.5 Å². The van der Waals surface area contributed by atoms with Gasteiger partial charge in [0.25, 0.3) is 5.91 Å². The third-order valence-corrected chi connectivity index (χ3v) is 6.15. The van der Waals surface area contributed by atoms with Crippen LogP contribution < -0.4 is 5.43 Å². The van der Waals surface area contributed by atoms with E-state index in [9.17, 15) is 4.79 Å². The molecule has 9 nitrogen and oxygen atoms in total. The fourth-order valence-electron chi connectivity index (χ4n) is 4.27. The van der Waals surface area contributed by atoms with Crippen molar-refractivity contribution in [2.24, 2.45) is 5.10 Å². The Hall–Kier alpha value is -2.88. The average molecular weight is 453 g/mol. The highest BCUT2D eigenvalue weighted by atomic mass is 16.5. The van der Waals surface area contributed by atoms with Crippen molar-refractivity contribution in [2.45, 2.75) is 32.1 Å². The van der Waals surface area contributed by atoms with E-state index >= 15 is 0 Å². The van der Waals surface area contributed by atoms with Crippen molar-refractivity contribution in [2.75, 3.05) is 47.1 Å². The van der Waals surface area contributed by atoms with E-state index < -0.39 is 0 Å². The normalized spacial score (nSPS) is 17.2. The number of hydrazone groups is 1. The molecular formula is C24H32N6O3. The molecule has 3 heterocycles. The van der Waals surface area contributed by atoms with Gasteiger partial charge in [-0.05, 0) is 61.4 Å². The topological polar surface area (TPSA) is 105 Å². The van der Waals surface area contributed by atoms with Gasteiger partial charge < -0.3 is 14.5 Å². The van der Waals surface area contributed by atoms with Gasteiger partial charge in [-0.25, -0.2) is 5.43 Å². The number of amides is 1. The van der Waals surface area contributed by atoms with Crippen LogP contribution in [0.25, 0.3) is 6.08 Å². The second kappa shape index (κ2) is 10.8. The molecule has 0 spiro atoms. The predicted molar refractivity (Wildman–Crippen MR) is 126 cm³/mol. The van der Waals surface area contributed by atoms with Crippen molar-refractivity contribution in [1.29, 1.82) is 0 Å². The molecule has 1 aliphatic carbocycles. The molecule has 2 aromatic rings. The first-order valence-corrected chi connectivity index (χ1v) is 11.4. The van der Waals surface area contributed by atoms with Crippen LogP contribution in [0.3, 0.4) is 0 Å². The minimum Gasteiger partial charge on any atom is -0.383 e. The number of nitrogens with one attached hydrogen (secondary N) is 2. The van der Waals surface area contributed by atoms with E-state index in [1.165, 1.54) is 24.0 Å². The lowest BCUT2D eigenvalue weighted by Crippen LogP contribution is -2.32. The number of H-pyrrole nitrogens is 1. The largest absolute Gasteiger partial charge is 0.383 e. The third-order valence-electron chi connectivity index (χ3n) is 6.15. The highest BCUT2D eigenvalue weighted by Crippen LogP contribution is 2.45. The molecule has 0 aromatic carbocycles. The molecule has 0 saturated heterocycles. The van der Waals surface area contributed by atoms with Gasteiger partial charge in [-0.2, -0.15) is 10.2 Å². The zero-order chi connectivity index (χ0) is 23.2. The second-order valence-electron chi connectivity index (χ2n) is 8.48. The number of carbonyl (C=O) groups is 1. The van der Waals surface area contributed by atoms with E-state index in [4.69, 9.17) is 9.47 Å². The maximum absolute atomic E-state index is 12.6. The van der Waals surface area contributed by atoms with Gasteiger partial charge in [-0.15, -0.1) is 5.10 Å². The molecular weight excluding hydrogens is 420 g/mol. The number of hydrogen-bond acceptors (Lipinski definition) is 7. The minimum atomic E-state index is -0.225. The molecule has 0 radical (unpaired) electrons. The summed E-state index contributed by atoms with van der Waals surface area (Å²) in [5.74, 6) is 0.307. The van der Waals surface area contributed by atoms with Crippen molar-refractivity contribution < 1.29 is 14.3 Å². The Balaban J connectivity index is 1.59. The number of aryl methyl sites for hydroxylation is 1. The fourth-order valence-corrected chi connectivity index (χ4v) is 4.27. The molecule has 2 aliphatic rings. The van der Waals surface area contributed by atoms with Crippen molar-refractivity contribution in [3.05, 3.63) is 52.1 Å². The number of ether oxygens (including phenoxy) is 2. The van der Waals surface area contributed by atoms with E-state index in [0.29, 0.717) is 36.1 Å². The standard InChI is InChI=1S/C24H32N6O3/c1-16-18(8-10-30(11-13-32-2)12-14-33-3)22(17-6-7-17)21(26-16)15-19-23(28-29-24(19)31)20-5-4-9-25-27-20/h4-5,9,15,17,26H,6-8,10-14H2,1-3H3,(H,29,31). The van der Waals surface area contributed by atoms with Gasteiger partial charge in [0.2, 0.25) is 0 Å². The molecule has 1 saturated carbocycles. The number of nitrogens with zero attached hydrogens (tertiary/aromatic N) is 4. The van der Waals surface area contributed by atoms with Crippen molar-refractivity contribution in [1.82, 2.24) is 25.5 Å². The Morgan fingerprint density at radius 3 is 2.58 bits per heavy atom. The SMILES string of the molecule is COCCN(CCOC)CCc1c(C)[nH]c(C=C2C(=O)NN=C2c2cccnn2)c1C1CC1. The zero-order valence-corrected chi connectivity index (χ0v) is 19.6. The Labute approximate surface area is 194 Å². The molecule has 2 aromatic heterocycles. The molecule has 0 unspecified atom stereocenters. The average Bonchev–Trinajstić information content (AvgIpc) is 3.53. The molecule has 1 fully saturated rings. The van der Waals surface area contributed by atoms with Crippen molar-refractivity contribution >= 4 is 17.7 Å². The van der Waals surface area contributed by atoms with Gasteiger partial charge in [-0.3, -0.25) is 9.69 Å². The fraction of sp³-hybridized carbons (Fsp3) is 0.500. The molecule has 1 amide bonds. The summed E-state index contributed by atoms with van der Waals surface area (Å²) in [6.45, 7) is 6.18. The highest BCUT2D eigenvalue weighted by molar-refractivity contribution is 6.32. The molecule has 2 N–H and O–H groups in total. The van der Waals surface area contributed by atoms with E-state index in [1.54, 1.807) is 26.5 Å². The van der Waals surface area contributed by atoms with Gasteiger partial charge in [0.15, 0.2) is 0 Å². The third kappa shape index (κ3) is 5.55. The number of hydrogen-bond donors (Lipinski definition) is 2. The van der Waals surface area contributed by atoms with Crippen molar-refractivity contribution in [3.63, 3.8) is 0 Å². The van der Waals surface area contributed by atoms with Crippen LogP contribution >= 0.6 is 0 Å². The van der Waals surface area contributed by atoms with Crippen LogP contribution in [0.1, 0.15) is 47.0 Å². The maximum atomic E-state index is 12.6. The molecule has 33 heavy (non-hydrogen) atoms. The van der Waals surface area contributed by atoms with Crippen LogP contribution in [0.2, 0.25) is 0 Å². The lowest BCUT2D eigenvalue weighted by molar-refractivity contribution is -0.116. The summed E-state index contributed by atoms with van der Waals surface area (Å²) in [6, 6.07) is 3.60. The second-order valence-corrected chi connectivity index (χ2v) is 8.48. The Morgan fingerprint density at radius 2 is 1.94 bits per heavy atom. The number of methoxy groups -OCH3 is 2. The number of rotatable bonds is 12. The number of aromatic nitrogens is 3. The molecule has 0 bridgehead atoms. The molecule has 4 rings (SSSR count). The summed E-state index contributed by atoms with van der Waals surface area (Å²) in [6.07, 6.45) is 6.81. The van der Waals surface area contributed by atoms with Crippen LogP contribution in [0, 0.1) is 6.92 Å². The highest BCUT2D eigenvalue weighted by Gasteiger charge is 2.32. The Bertz CT molecular complexity index is 1020. The molecule has 0 atom stereocenters. The van der Waals surface area contributed by atoms with Gasteiger partial charge in [0.05, 0.1) is 18.8 Å². The first-order valence-electron chi connectivity index (χ1n) is 11.4. The molecule has 1 aliphatic heterocycles. The van der Waals surface area contributed by atoms with Gasteiger partial charge in [0, 0.05) is 51.4 Å². The van der Waals surface area contributed by atoms with Crippen LogP contribution in [-0.4, -0.2) is 78.8 Å². The van der Waals surface area contributed by atoms with E-state index in [0.717, 1.165) is 37.4 Å². The van der Waals surface area contributed by atoms with E-state index in [1.807, 2.05) is 12.1 Å².